The molecule has 27 heavy (non-hydrogen) atoms. The van der Waals surface area contributed by atoms with Crippen molar-refractivity contribution in [3.63, 3.8) is 0 Å². The van der Waals surface area contributed by atoms with Crippen LogP contribution < -0.4 is 0 Å². The molecular weight excluding hydrogens is 338 g/mol. The fourth-order valence-electron chi connectivity index (χ4n) is 3.41. The fraction of sp³-hybridized carbons (Fsp3) is 0.182. The van der Waals surface area contributed by atoms with Gasteiger partial charge < -0.3 is 10.2 Å². The van der Waals surface area contributed by atoms with Gasteiger partial charge >= 0.3 is 0 Å². The van der Waals surface area contributed by atoms with Crippen molar-refractivity contribution in [3.05, 3.63) is 77.7 Å². The molecule has 5 rings (SSSR count). The first-order chi connectivity index (χ1) is 13.2. The first kappa shape index (κ1) is 15.9. The average molecular weight is 357 g/mol. The smallest absolute Gasteiger partial charge is 0.219 e. The molecule has 1 fully saturated rings. The lowest BCUT2D eigenvalue weighted by Crippen LogP contribution is -1.98. The van der Waals surface area contributed by atoms with Crippen LogP contribution in [0.1, 0.15) is 35.7 Å². The maximum Gasteiger partial charge on any atom is 0.219 e. The van der Waals surface area contributed by atoms with E-state index in [1.165, 1.54) is 0 Å². The molecule has 1 aliphatic rings. The Bertz CT molecular complexity index is 1110. The standard InChI is InChI=1S/C22H19N3O2/c26-17-10-6-14(7-11-17)12-18-22(27)25-13-19(15-4-2-1-3-5-15)23-20(16-8-9-16)21(25)24-18/h1-7,10-11,13,16,26-27H,8-9,12H2. The van der Waals surface area contributed by atoms with Gasteiger partial charge in [0.1, 0.15) is 11.4 Å². The van der Waals surface area contributed by atoms with Gasteiger partial charge in [0, 0.05) is 24.1 Å². The fourth-order valence-corrected chi connectivity index (χ4v) is 3.41. The van der Waals surface area contributed by atoms with Crippen molar-refractivity contribution in [2.45, 2.75) is 25.2 Å². The van der Waals surface area contributed by atoms with E-state index in [1.807, 2.05) is 48.7 Å². The molecule has 5 heteroatoms. The minimum atomic E-state index is 0.152. The third-order valence-corrected chi connectivity index (χ3v) is 5.02. The van der Waals surface area contributed by atoms with E-state index in [2.05, 4.69) is 0 Å². The summed E-state index contributed by atoms with van der Waals surface area (Å²) in [5.74, 6) is 0.796. The molecule has 1 aliphatic carbocycles. The van der Waals surface area contributed by atoms with Crippen LogP contribution in [0.5, 0.6) is 11.6 Å². The number of aromatic hydroxyl groups is 2. The summed E-state index contributed by atoms with van der Waals surface area (Å²) in [7, 11) is 0. The number of benzene rings is 2. The Labute approximate surface area is 156 Å². The Morgan fingerprint density at radius 3 is 2.37 bits per heavy atom. The van der Waals surface area contributed by atoms with E-state index in [1.54, 1.807) is 16.5 Å². The molecule has 2 aromatic heterocycles. The lowest BCUT2D eigenvalue weighted by atomic mass is 10.1. The molecule has 0 atom stereocenters. The molecule has 134 valence electrons. The number of imidazole rings is 1. The lowest BCUT2D eigenvalue weighted by Gasteiger charge is -2.07. The zero-order valence-electron chi connectivity index (χ0n) is 14.7. The van der Waals surface area contributed by atoms with Gasteiger partial charge in [-0.2, -0.15) is 0 Å². The van der Waals surface area contributed by atoms with Crippen LogP contribution in [0.3, 0.4) is 0 Å². The second-order valence-corrected chi connectivity index (χ2v) is 7.07. The highest BCUT2D eigenvalue weighted by atomic mass is 16.3. The molecule has 5 nitrogen and oxygen atoms in total. The highest BCUT2D eigenvalue weighted by Crippen LogP contribution is 2.42. The zero-order chi connectivity index (χ0) is 18.4. The molecule has 0 radical (unpaired) electrons. The van der Waals surface area contributed by atoms with Crippen LogP contribution >= 0.6 is 0 Å². The van der Waals surface area contributed by atoms with Crippen LogP contribution in [-0.4, -0.2) is 24.6 Å². The average Bonchev–Trinajstić information content (AvgIpc) is 3.50. The first-order valence-electron chi connectivity index (χ1n) is 9.13. The van der Waals surface area contributed by atoms with Gasteiger partial charge in [-0.25, -0.2) is 9.97 Å². The second-order valence-electron chi connectivity index (χ2n) is 7.07. The predicted octanol–water partition coefficient (Wildman–Crippen LogP) is 4.28. The molecular formula is C22H19N3O2. The number of rotatable bonds is 4. The normalized spacial score (nSPS) is 13.9. The Hall–Kier alpha value is -3.34. The monoisotopic (exact) mass is 357 g/mol. The third kappa shape index (κ3) is 2.91. The number of hydrogen-bond donors (Lipinski definition) is 2. The third-order valence-electron chi connectivity index (χ3n) is 5.02. The van der Waals surface area contributed by atoms with E-state index < -0.39 is 0 Å². The van der Waals surface area contributed by atoms with Crippen molar-refractivity contribution >= 4 is 5.65 Å². The van der Waals surface area contributed by atoms with Crippen LogP contribution in [0.15, 0.2) is 60.8 Å². The number of nitrogens with zero attached hydrogens (tertiary/aromatic N) is 3. The maximum absolute atomic E-state index is 10.8. The van der Waals surface area contributed by atoms with Crippen molar-refractivity contribution in [1.82, 2.24) is 14.4 Å². The topological polar surface area (TPSA) is 70.7 Å². The summed E-state index contributed by atoms with van der Waals surface area (Å²) in [5.41, 5.74) is 5.17. The van der Waals surface area contributed by atoms with E-state index in [0.29, 0.717) is 18.0 Å². The molecule has 0 bridgehead atoms. The molecule has 0 spiro atoms. The van der Waals surface area contributed by atoms with Gasteiger partial charge in [0.25, 0.3) is 0 Å². The molecule has 0 aliphatic heterocycles. The number of phenolic OH excluding ortho intramolecular Hbond substituents is 1. The molecule has 1 saturated carbocycles. The Morgan fingerprint density at radius 1 is 0.926 bits per heavy atom. The highest BCUT2D eigenvalue weighted by Gasteiger charge is 2.30. The summed E-state index contributed by atoms with van der Waals surface area (Å²) in [5, 5.41) is 20.3. The Kier molecular flexibility index (Phi) is 3.60. The largest absolute Gasteiger partial charge is 0.508 e. The predicted molar refractivity (Wildman–Crippen MR) is 103 cm³/mol. The minimum Gasteiger partial charge on any atom is -0.508 e. The number of aromatic nitrogens is 3. The van der Waals surface area contributed by atoms with Gasteiger partial charge in [-0.05, 0) is 30.5 Å². The van der Waals surface area contributed by atoms with Crippen molar-refractivity contribution in [2.24, 2.45) is 0 Å². The summed E-state index contributed by atoms with van der Waals surface area (Å²) < 4.78 is 1.76. The summed E-state index contributed by atoms with van der Waals surface area (Å²) in [6.07, 6.45) is 4.58. The minimum absolute atomic E-state index is 0.152. The van der Waals surface area contributed by atoms with Crippen LogP contribution in [0.25, 0.3) is 16.9 Å². The molecule has 0 amide bonds. The molecule has 4 aromatic rings. The lowest BCUT2D eigenvalue weighted by molar-refractivity contribution is 0.442. The number of fused-ring (bicyclic) bond motifs is 1. The maximum atomic E-state index is 10.8. The Balaban J connectivity index is 1.63. The van der Waals surface area contributed by atoms with E-state index in [4.69, 9.17) is 9.97 Å². The van der Waals surface area contributed by atoms with E-state index in [0.717, 1.165) is 41.0 Å². The van der Waals surface area contributed by atoms with Crippen molar-refractivity contribution in [3.8, 4) is 22.9 Å². The number of hydrogen-bond acceptors (Lipinski definition) is 4. The van der Waals surface area contributed by atoms with Gasteiger partial charge in [0.15, 0.2) is 5.65 Å². The van der Waals surface area contributed by atoms with Crippen LogP contribution in [0.4, 0.5) is 0 Å². The molecule has 2 N–H and O–H groups in total. The van der Waals surface area contributed by atoms with Gasteiger partial charge in [-0.3, -0.25) is 4.40 Å². The van der Waals surface area contributed by atoms with Gasteiger partial charge in [0.2, 0.25) is 5.88 Å². The first-order valence-corrected chi connectivity index (χ1v) is 9.13. The van der Waals surface area contributed by atoms with E-state index >= 15 is 0 Å². The van der Waals surface area contributed by atoms with Crippen molar-refractivity contribution < 1.29 is 10.2 Å². The van der Waals surface area contributed by atoms with Crippen LogP contribution in [-0.2, 0) is 6.42 Å². The van der Waals surface area contributed by atoms with Crippen LogP contribution in [0.2, 0.25) is 0 Å². The molecule has 2 aromatic carbocycles. The summed E-state index contributed by atoms with van der Waals surface area (Å²) in [6, 6.07) is 17.0. The van der Waals surface area contributed by atoms with Crippen molar-refractivity contribution in [1.29, 1.82) is 0 Å². The van der Waals surface area contributed by atoms with Gasteiger partial charge in [-0.1, -0.05) is 42.5 Å². The molecule has 2 heterocycles. The molecule has 0 unspecified atom stereocenters. The summed E-state index contributed by atoms with van der Waals surface area (Å²) in [4.78, 5) is 9.59. The van der Waals surface area contributed by atoms with E-state index in [-0.39, 0.29) is 11.6 Å². The molecule has 0 saturated heterocycles. The summed E-state index contributed by atoms with van der Waals surface area (Å²) in [6.45, 7) is 0. The van der Waals surface area contributed by atoms with E-state index in [9.17, 15) is 10.2 Å². The zero-order valence-corrected chi connectivity index (χ0v) is 14.7. The van der Waals surface area contributed by atoms with Crippen LogP contribution in [0, 0.1) is 0 Å². The van der Waals surface area contributed by atoms with Crippen molar-refractivity contribution in [2.75, 3.05) is 0 Å². The van der Waals surface area contributed by atoms with Gasteiger partial charge in [0.05, 0.1) is 11.4 Å². The Morgan fingerprint density at radius 2 is 1.67 bits per heavy atom. The SMILES string of the molecule is Oc1ccc(Cc2nc3c(C4CC4)nc(-c4ccccc4)cn3c2O)cc1. The number of phenols is 1. The van der Waals surface area contributed by atoms with Gasteiger partial charge in [-0.15, -0.1) is 0 Å². The highest BCUT2D eigenvalue weighted by molar-refractivity contribution is 5.63. The summed E-state index contributed by atoms with van der Waals surface area (Å²) >= 11 is 0. The second kappa shape index (κ2) is 6.13. The quantitative estimate of drug-likeness (QED) is 0.572.